The molecule has 0 aromatic rings. The molecule has 0 aromatic carbocycles. The normalized spacial score (nSPS) is 22.6. The van der Waals surface area contributed by atoms with Gasteiger partial charge in [0.2, 0.25) is 0 Å². The lowest BCUT2D eigenvalue weighted by Crippen LogP contribution is -2.53. The molecule has 17 heavy (non-hydrogen) atoms. The van der Waals surface area contributed by atoms with E-state index in [1.54, 1.807) is 0 Å². The van der Waals surface area contributed by atoms with Gasteiger partial charge in [-0.3, -0.25) is 4.90 Å². The number of likely N-dealkylation sites (tertiary alicyclic amines) is 1. The number of nitrogens with two attached hydrogens (primary N) is 1. The quantitative estimate of drug-likeness (QED) is 0.740. The minimum atomic E-state index is 0.299. The van der Waals surface area contributed by atoms with E-state index in [1.165, 1.54) is 45.2 Å². The maximum Gasteiger partial charge on any atom is 0.0331 e. The molecule has 0 spiro atoms. The van der Waals surface area contributed by atoms with E-state index < -0.39 is 0 Å². The maximum absolute atomic E-state index is 6.14. The van der Waals surface area contributed by atoms with Crippen molar-refractivity contribution in [2.24, 2.45) is 17.6 Å². The van der Waals surface area contributed by atoms with Crippen molar-refractivity contribution in [1.29, 1.82) is 0 Å². The van der Waals surface area contributed by atoms with Crippen LogP contribution in [0.5, 0.6) is 0 Å². The van der Waals surface area contributed by atoms with Crippen LogP contribution in [-0.4, -0.2) is 30.1 Å². The molecule has 1 rings (SSSR count). The molecule has 0 amide bonds. The third-order valence-electron chi connectivity index (χ3n) is 4.65. The molecular formula is C15H32N2. The molecule has 1 unspecified atom stereocenters. The Morgan fingerprint density at radius 3 is 2.18 bits per heavy atom. The first-order valence-corrected chi connectivity index (χ1v) is 7.54. The number of nitrogens with zero attached hydrogens (tertiary/aromatic N) is 1. The van der Waals surface area contributed by atoms with Gasteiger partial charge in [-0.25, -0.2) is 0 Å². The topological polar surface area (TPSA) is 29.3 Å². The Balaban J connectivity index is 2.70. The summed E-state index contributed by atoms with van der Waals surface area (Å²) in [5.74, 6) is 1.70. The lowest BCUT2D eigenvalue weighted by atomic mass is 9.86. The van der Waals surface area contributed by atoms with Crippen molar-refractivity contribution in [1.82, 2.24) is 4.90 Å². The van der Waals surface area contributed by atoms with Gasteiger partial charge in [0, 0.05) is 18.6 Å². The maximum atomic E-state index is 6.14. The van der Waals surface area contributed by atoms with Gasteiger partial charge in [0.05, 0.1) is 0 Å². The first kappa shape index (κ1) is 15.0. The molecule has 0 bridgehead atoms. The molecule has 2 heteroatoms. The molecule has 1 aliphatic heterocycles. The number of rotatable bonds is 7. The SMILES string of the molecule is CCCC(CN)(CCC)N1CCC(C(C)C)C1. The average molecular weight is 240 g/mol. The summed E-state index contributed by atoms with van der Waals surface area (Å²) in [6, 6.07) is 0. The van der Waals surface area contributed by atoms with E-state index in [0.29, 0.717) is 5.54 Å². The van der Waals surface area contributed by atoms with E-state index in [9.17, 15) is 0 Å². The summed E-state index contributed by atoms with van der Waals surface area (Å²) in [7, 11) is 0. The first-order chi connectivity index (χ1) is 8.09. The summed E-state index contributed by atoms with van der Waals surface area (Å²) in [5, 5.41) is 0. The minimum Gasteiger partial charge on any atom is -0.329 e. The zero-order valence-electron chi connectivity index (χ0n) is 12.3. The van der Waals surface area contributed by atoms with Crippen molar-refractivity contribution in [3.8, 4) is 0 Å². The van der Waals surface area contributed by atoms with Gasteiger partial charge in [-0.05, 0) is 37.6 Å². The summed E-state index contributed by atoms with van der Waals surface area (Å²) in [6.07, 6.45) is 6.40. The lowest BCUT2D eigenvalue weighted by molar-refractivity contribution is 0.0940. The van der Waals surface area contributed by atoms with Gasteiger partial charge in [0.1, 0.15) is 0 Å². The minimum absolute atomic E-state index is 0.299. The Hall–Kier alpha value is -0.0800. The van der Waals surface area contributed by atoms with E-state index in [4.69, 9.17) is 5.73 Å². The van der Waals surface area contributed by atoms with Crippen LogP contribution >= 0.6 is 0 Å². The van der Waals surface area contributed by atoms with Crippen molar-refractivity contribution >= 4 is 0 Å². The molecule has 1 fully saturated rings. The smallest absolute Gasteiger partial charge is 0.0331 e. The van der Waals surface area contributed by atoms with Gasteiger partial charge in [-0.2, -0.15) is 0 Å². The van der Waals surface area contributed by atoms with Crippen LogP contribution in [0, 0.1) is 11.8 Å². The highest BCUT2D eigenvalue weighted by molar-refractivity contribution is 4.95. The van der Waals surface area contributed by atoms with Gasteiger partial charge in [0.25, 0.3) is 0 Å². The zero-order chi connectivity index (χ0) is 12.9. The Morgan fingerprint density at radius 2 is 1.82 bits per heavy atom. The van der Waals surface area contributed by atoms with Crippen LogP contribution in [0.4, 0.5) is 0 Å². The zero-order valence-corrected chi connectivity index (χ0v) is 12.3. The molecule has 102 valence electrons. The molecule has 0 aromatic heterocycles. The summed E-state index contributed by atoms with van der Waals surface area (Å²) in [4.78, 5) is 2.71. The van der Waals surface area contributed by atoms with Crippen molar-refractivity contribution in [2.45, 2.75) is 65.3 Å². The van der Waals surface area contributed by atoms with Crippen LogP contribution in [-0.2, 0) is 0 Å². The van der Waals surface area contributed by atoms with Crippen LogP contribution in [0.3, 0.4) is 0 Å². The highest BCUT2D eigenvalue weighted by atomic mass is 15.2. The van der Waals surface area contributed by atoms with Gasteiger partial charge in [-0.15, -0.1) is 0 Å². The van der Waals surface area contributed by atoms with Crippen molar-refractivity contribution < 1.29 is 0 Å². The number of hydrogen-bond acceptors (Lipinski definition) is 2. The molecule has 1 heterocycles. The van der Waals surface area contributed by atoms with Gasteiger partial charge in [0.15, 0.2) is 0 Å². The van der Waals surface area contributed by atoms with Crippen LogP contribution in [0.25, 0.3) is 0 Å². The highest BCUT2D eigenvalue weighted by Gasteiger charge is 2.38. The van der Waals surface area contributed by atoms with Crippen LogP contribution < -0.4 is 5.73 Å². The van der Waals surface area contributed by atoms with Gasteiger partial charge < -0.3 is 5.73 Å². The van der Waals surface area contributed by atoms with Crippen molar-refractivity contribution in [3.05, 3.63) is 0 Å². The Bertz CT molecular complexity index is 207. The van der Waals surface area contributed by atoms with E-state index in [2.05, 4.69) is 32.6 Å². The molecule has 1 saturated heterocycles. The summed E-state index contributed by atoms with van der Waals surface area (Å²) in [5.41, 5.74) is 6.44. The Labute approximate surface area is 108 Å². The average Bonchev–Trinajstić information content (AvgIpc) is 2.78. The fraction of sp³-hybridized carbons (Fsp3) is 1.00. The van der Waals surface area contributed by atoms with Crippen LogP contribution in [0.1, 0.15) is 59.8 Å². The lowest BCUT2D eigenvalue weighted by Gasteiger charge is -2.42. The van der Waals surface area contributed by atoms with E-state index in [-0.39, 0.29) is 0 Å². The third kappa shape index (κ3) is 3.45. The Morgan fingerprint density at radius 1 is 1.24 bits per heavy atom. The predicted molar refractivity (Wildman–Crippen MR) is 76.1 cm³/mol. The molecule has 0 radical (unpaired) electrons. The van der Waals surface area contributed by atoms with Gasteiger partial charge in [-0.1, -0.05) is 40.5 Å². The van der Waals surface area contributed by atoms with Crippen molar-refractivity contribution in [3.63, 3.8) is 0 Å². The highest BCUT2D eigenvalue weighted by Crippen LogP contribution is 2.34. The second-order valence-corrected chi connectivity index (χ2v) is 6.17. The first-order valence-electron chi connectivity index (χ1n) is 7.54. The summed E-state index contributed by atoms with van der Waals surface area (Å²) < 4.78 is 0. The van der Waals surface area contributed by atoms with Crippen LogP contribution in [0.15, 0.2) is 0 Å². The summed E-state index contributed by atoms with van der Waals surface area (Å²) >= 11 is 0. The van der Waals surface area contributed by atoms with E-state index >= 15 is 0 Å². The molecular weight excluding hydrogens is 208 g/mol. The summed E-state index contributed by atoms with van der Waals surface area (Å²) in [6.45, 7) is 12.7. The third-order valence-corrected chi connectivity index (χ3v) is 4.65. The standard InChI is InChI=1S/C15H32N2/c1-5-8-15(12-16,9-6-2)17-10-7-14(11-17)13(3)4/h13-14H,5-12,16H2,1-4H3. The molecule has 0 saturated carbocycles. The second kappa shape index (κ2) is 6.75. The van der Waals surface area contributed by atoms with Crippen LogP contribution in [0.2, 0.25) is 0 Å². The monoisotopic (exact) mass is 240 g/mol. The molecule has 2 nitrogen and oxygen atoms in total. The number of hydrogen-bond donors (Lipinski definition) is 1. The van der Waals surface area contributed by atoms with Gasteiger partial charge >= 0.3 is 0 Å². The molecule has 2 N–H and O–H groups in total. The van der Waals surface area contributed by atoms with Crippen molar-refractivity contribution in [2.75, 3.05) is 19.6 Å². The molecule has 0 aliphatic carbocycles. The Kier molecular flexibility index (Phi) is 5.94. The molecule has 1 aliphatic rings. The fourth-order valence-corrected chi connectivity index (χ4v) is 3.47. The van der Waals surface area contributed by atoms with E-state index in [0.717, 1.165) is 18.4 Å². The molecule has 1 atom stereocenters. The largest absolute Gasteiger partial charge is 0.329 e. The predicted octanol–water partition coefficient (Wildman–Crippen LogP) is 3.26. The fourth-order valence-electron chi connectivity index (χ4n) is 3.47. The van der Waals surface area contributed by atoms with E-state index in [1.807, 2.05) is 0 Å². The second-order valence-electron chi connectivity index (χ2n) is 6.17.